The lowest BCUT2D eigenvalue weighted by molar-refractivity contribution is -0.137. The van der Waals surface area contributed by atoms with Gasteiger partial charge in [0.15, 0.2) is 5.75 Å². The van der Waals surface area contributed by atoms with Crippen LogP contribution in [0.2, 0.25) is 0 Å². The minimum Gasteiger partial charge on any atom is -0.496 e. The second-order valence-corrected chi connectivity index (χ2v) is 10.3. The number of hydrogen-bond donors (Lipinski definition) is 1. The standard InChI is InChI=1S/C34H21F4N3O5/c1-17-13-20(16-40-30(17)35)23-14-19(9-12-25(23)44-2)27-24(15-39)32(41-31(42)18-7-10-21(11-8-18)34(36,37)38)46-29-22-5-3-4-6-26(22)45-33(43)28(27)29/h3-14,16,27H,1-2H3,(H,41,42). The number of halogens is 4. The highest BCUT2D eigenvalue weighted by Crippen LogP contribution is 2.45. The summed E-state index contributed by atoms with van der Waals surface area (Å²) in [4.78, 5) is 30.6. The number of nitrogens with zero attached hydrogens (tertiary/aromatic N) is 2. The van der Waals surface area contributed by atoms with Gasteiger partial charge in [-0.25, -0.2) is 9.78 Å². The van der Waals surface area contributed by atoms with Gasteiger partial charge in [-0.2, -0.15) is 22.8 Å². The van der Waals surface area contributed by atoms with Crippen LogP contribution in [-0.2, 0) is 6.18 Å². The first-order valence-corrected chi connectivity index (χ1v) is 13.7. The Kier molecular flexibility index (Phi) is 7.53. The molecule has 1 N–H and O–H groups in total. The molecule has 1 amide bonds. The molecule has 46 heavy (non-hydrogen) atoms. The molecule has 5 aromatic rings. The van der Waals surface area contributed by atoms with Gasteiger partial charge in [-0.1, -0.05) is 18.2 Å². The molecule has 1 atom stereocenters. The number of carbonyl (C=O) groups excluding carboxylic acids is 1. The molecule has 1 aliphatic rings. The van der Waals surface area contributed by atoms with Crippen molar-refractivity contribution in [3.8, 4) is 28.7 Å². The molecule has 12 heteroatoms. The average Bonchev–Trinajstić information content (AvgIpc) is 3.04. The molecule has 0 saturated heterocycles. The van der Waals surface area contributed by atoms with Crippen LogP contribution in [0.15, 0.2) is 99.7 Å². The van der Waals surface area contributed by atoms with Gasteiger partial charge in [-0.15, -0.1) is 0 Å². The number of pyridine rings is 1. The monoisotopic (exact) mass is 627 g/mol. The van der Waals surface area contributed by atoms with Gasteiger partial charge >= 0.3 is 11.8 Å². The van der Waals surface area contributed by atoms with E-state index >= 15 is 0 Å². The van der Waals surface area contributed by atoms with E-state index in [4.69, 9.17) is 13.9 Å². The second-order valence-electron chi connectivity index (χ2n) is 10.3. The number of carbonyl (C=O) groups is 1. The highest BCUT2D eigenvalue weighted by molar-refractivity contribution is 5.95. The molecule has 1 unspecified atom stereocenters. The summed E-state index contributed by atoms with van der Waals surface area (Å²) >= 11 is 0. The molecule has 0 aliphatic carbocycles. The van der Waals surface area contributed by atoms with Crippen molar-refractivity contribution in [2.45, 2.75) is 19.0 Å². The third-order valence-corrected chi connectivity index (χ3v) is 7.53. The maximum atomic E-state index is 14.0. The van der Waals surface area contributed by atoms with Crippen molar-refractivity contribution in [2.24, 2.45) is 0 Å². The summed E-state index contributed by atoms with van der Waals surface area (Å²) in [5, 5.41) is 13.3. The number of hydrogen-bond acceptors (Lipinski definition) is 7. The average molecular weight is 628 g/mol. The van der Waals surface area contributed by atoms with Crippen molar-refractivity contribution in [2.75, 3.05) is 7.11 Å². The molecule has 2 aromatic heterocycles. The first kappa shape index (κ1) is 30.1. The lowest BCUT2D eigenvalue weighted by Crippen LogP contribution is -2.33. The number of allylic oxidation sites excluding steroid dienone is 1. The third kappa shape index (κ3) is 5.32. The van der Waals surface area contributed by atoms with Crippen LogP contribution in [0.1, 0.15) is 38.5 Å². The molecule has 0 radical (unpaired) electrons. The van der Waals surface area contributed by atoms with Gasteiger partial charge in [0.2, 0.25) is 11.8 Å². The molecule has 0 saturated carbocycles. The second kappa shape index (κ2) is 11.5. The van der Waals surface area contributed by atoms with E-state index in [1.807, 2.05) is 6.07 Å². The van der Waals surface area contributed by atoms with Crippen LogP contribution in [0, 0.1) is 24.2 Å². The quantitative estimate of drug-likeness (QED) is 0.127. The number of alkyl halides is 3. The lowest BCUT2D eigenvalue weighted by Gasteiger charge is -2.28. The van der Waals surface area contributed by atoms with Crippen molar-refractivity contribution in [1.82, 2.24) is 10.3 Å². The Balaban J connectivity index is 1.54. The first-order valence-electron chi connectivity index (χ1n) is 13.7. The summed E-state index contributed by atoms with van der Waals surface area (Å²) < 4.78 is 70.5. The molecule has 0 fully saturated rings. The number of benzene rings is 3. The zero-order chi connectivity index (χ0) is 32.7. The molecule has 1 aliphatic heterocycles. The fraction of sp³-hybridized carbons (Fsp3) is 0.118. The van der Waals surface area contributed by atoms with Crippen molar-refractivity contribution < 1.29 is 36.2 Å². The van der Waals surface area contributed by atoms with Crippen molar-refractivity contribution in [3.05, 3.63) is 135 Å². The lowest BCUT2D eigenvalue weighted by atomic mass is 9.82. The number of para-hydroxylation sites is 1. The van der Waals surface area contributed by atoms with E-state index in [2.05, 4.69) is 10.3 Å². The summed E-state index contributed by atoms with van der Waals surface area (Å²) in [6, 6.07) is 18.5. The fourth-order valence-electron chi connectivity index (χ4n) is 5.29. The maximum absolute atomic E-state index is 14.0. The number of fused-ring (bicyclic) bond motifs is 3. The number of methoxy groups -OCH3 is 1. The van der Waals surface area contributed by atoms with Gasteiger partial charge < -0.3 is 13.9 Å². The predicted octanol–water partition coefficient (Wildman–Crippen LogP) is 7.02. The van der Waals surface area contributed by atoms with Crippen molar-refractivity contribution >= 4 is 16.9 Å². The Labute approximate surface area is 258 Å². The summed E-state index contributed by atoms with van der Waals surface area (Å²) in [5.41, 5.74) is -0.251. The summed E-state index contributed by atoms with van der Waals surface area (Å²) in [7, 11) is 1.45. The van der Waals surface area contributed by atoms with E-state index in [1.165, 1.54) is 13.3 Å². The maximum Gasteiger partial charge on any atom is 0.416 e. The molecule has 3 aromatic carbocycles. The fourth-order valence-corrected chi connectivity index (χ4v) is 5.29. The zero-order valence-corrected chi connectivity index (χ0v) is 24.0. The SMILES string of the molecule is COc1ccc(C2C(C#N)=C(NC(=O)c3ccc(C(F)(F)F)cc3)Oc3c2c(=O)oc2ccccc32)cc1-c1cnc(F)c(C)c1. The smallest absolute Gasteiger partial charge is 0.416 e. The van der Waals surface area contributed by atoms with Gasteiger partial charge in [0.1, 0.15) is 23.0 Å². The summed E-state index contributed by atoms with van der Waals surface area (Å²) in [5.74, 6) is -2.55. The minimum absolute atomic E-state index is 0.0210. The molecule has 0 spiro atoms. The highest BCUT2D eigenvalue weighted by Gasteiger charge is 2.37. The van der Waals surface area contributed by atoms with Crippen LogP contribution in [0.3, 0.4) is 0 Å². The summed E-state index contributed by atoms with van der Waals surface area (Å²) in [6.45, 7) is 1.55. The Morgan fingerprint density at radius 3 is 2.48 bits per heavy atom. The van der Waals surface area contributed by atoms with E-state index < -0.39 is 35.1 Å². The molecular weight excluding hydrogens is 606 g/mol. The largest absolute Gasteiger partial charge is 0.496 e. The van der Waals surface area contributed by atoms with Crippen molar-refractivity contribution in [3.63, 3.8) is 0 Å². The Hall–Kier alpha value is -5.96. The van der Waals surface area contributed by atoms with Crippen LogP contribution in [0.25, 0.3) is 22.1 Å². The van der Waals surface area contributed by atoms with Gasteiger partial charge in [-0.3, -0.25) is 10.1 Å². The molecule has 0 bridgehead atoms. The normalized spacial score (nSPS) is 14.3. The number of nitrogens with one attached hydrogen (secondary N) is 1. The first-order chi connectivity index (χ1) is 22.0. The number of nitriles is 1. The van der Waals surface area contributed by atoms with E-state index in [1.54, 1.807) is 55.5 Å². The zero-order valence-electron chi connectivity index (χ0n) is 24.0. The van der Waals surface area contributed by atoms with Crippen LogP contribution in [0.5, 0.6) is 11.5 Å². The van der Waals surface area contributed by atoms with E-state index in [-0.39, 0.29) is 39.5 Å². The third-order valence-electron chi connectivity index (χ3n) is 7.53. The van der Waals surface area contributed by atoms with E-state index in [0.717, 1.165) is 24.3 Å². The molecular formula is C34H21F4N3O5. The number of ether oxygens (including phenoxy) is 2. The van der Waals surface area contributed by atoms with Gasteiger partial charge in [0, 0.05) is 28.5 Å². The number of aromatic nitrogens is 1. The molecule has 8 nitrogen and oxygen atoms in total. The van der Waals surface area contributed by atoms with E-state index in [9.17, 15) is 32.4 Å². The molecule has 230 valence electrons. The van der Waals surface area contributed by atoms with E-state index in [0.29, 0.717) is 27.8 Å². The highest BCUT2D eigenvalue weighted by atomic mass is 19.4. The van der Waals surface area contributed by atoms with Gasteiger partial charge in [0.25, 0.3) is 5.91 Å². The number of aryl methyl sites for hydroxylation is 1. The number of amides is 1. The Morgan fingerprint density at radius 2 is 1.80 bits per heavy atom. The molecule has 6 rings (SSSR count). The van der Waals surface area contributed by atoms with Gasteiger partial charge in [0.05, 0.1) is 29.5 Å². The van der Waals surface area contributed by atoms with Crippen LogP contribution < -0.4 is 20.4 Å². The van der Waals surface area contributed by atoms with Gasteiger partial charge in [-0.05, 0) is 67.1 Å². The summed E-state index contributed by atoms with van der Waals surface area (Å²) in [6.07, 6.45) is -3.28. The number of rotatable bonds is 5. The van der Waals surface area contributed by atoms with Crippen LogP contribution in [0.4, 0.5) is 17.6 Å². The van der Waals surface area contributed by atoms with Crippen LogP contribution in [-0.4, -0.2) is 18.0 Å². The van der Waals surface area contributed by atoms with Crippen LogP contribution >= 0.6 is 0 Å². The van der Waals surface area contributed by atoms with Crippen molar-refractivity contribution in [1.29, 1.82) is 5.26 Å². The molecule has 3 heterocycles. The Bertz CT molecular complexity index is 2170. The topological polar surface area (TPSA) is 114 Å². The minimum atomic E-state index is -4.60. The Morgan fingerprint density at radius 1 is 1.07 bits per heavy atom. The predicted molar refractivity (Wildman–Crippen MR) is 157 cm³/mol.